The van der Waals surface area contributed by atoms with Crippen molar-refractivity contribution in [3.63, 3.8) is 0 Å². The highest BCUT2D eigenvalue weighted by Crippen LogP contribution is 1.99. The Kier molecular flexibility index (Phi) is 1.37. The van der Waals surface area contributed by atoms with Crippen LogP contribution in [0.5, 0.6) is 0 Å². The molecule has 0 aliphatic rings. The Balaban J connectivity index is 2.77. The molecule has 0 unspecified atom stereocenters. The van der Waals surface area contributed by atoms with E-state index in [1.54, 1.807) is 12.3 Å². The molecule has 0 atom stereocenters. The van der Waals surface area contributed by atoms with E-state index in [0.29, 0.717) is 0 Å². The zero-order valence-corrected chi connectivity index (χ0v) is 4.37. The van der Waals surface area contributed by atoms with Crippen LogP contribution in [0.1, 0.15) is 5.76 Å². The smallest absolute Gasteiger partial charge is 0.128 e. The fraction of sp³-hybridized carbons (Fsp3) is 0. The molecule has 2 N–H and O–H groups in total. The van der Waals surface area contributed by atoms with E-state index >= 15 is 0 Å². The average molecular weight is 109 g/mol. The SMILES string of the molecule is NC=Cc1ccco1. The summed E-state index contributed by atoms with van der Waals surface area (Å²) in [6, 6.07) is 3.65. The fourth-order valence-corrected chi connectivity index (χ4v) is 0.481. The third kappa shape index (κ3) is 0.904. The summed E-state index contributed by atoms with van der Waals surface area (Å²) in [5, 5.41) is 0. The summed E-state index contributed by atoms with van der Waals surface area (Å²) in [6.07, 6.45) is 4.74. The molecule has 2 nitrogen and oxygen atoms in total. The maximum atomic E-state index is 5.08. The van der Waals surface area contributed by atoms with Gasteiger partial charge in [-0.1, -0.05) is 0 Å². The maximum absolute atomic E-state index is 5.08. The van der Waals surface area contributed by atoms with Crippen molar-refractivity contribution in [1.29, 1.82) is 0 Å². The van der Waals surface area contributed by atoms with E-state index in [0.717, 1.165) is 5.76 Å². The summed E-state index contributed by atoms with van der Waals surface area (Å²) in [5.74, 6) is 0.785. The van der Waals surface area contributed by atoms with Gasteiger partial charge in [-0.25, -0.2) is 0 Å². The first-order valence-electron chi connectivity index (χ1n) is 2.35. The molecule has 0 aromatic carbocycles. The van der Waals surface area contributed by atoms with Gasteiger partial charge in [-0.2, -0.15) is 0 Å². The molecule has 0 saturated heterocycles. The molecule has 0 saturated carbocycles. The van der Waals surface area contributed by atoms with Crippen molar-refractivity contribution in [1.82, 2.24) is 0 Å². The molecule has 1 rings (SSSR count). The number of hydrogen-bond donors (Lipinski definition) is 1. The van der Waals surface area contributed by atoms with E-state index in [9.17, 15) is 0 Å². The Morgan fingerprint density at radius 2 is 2.50 bits per heavy atom. The Hall–Kier alpha value is -1.18. The first-order valence-corrected chi connectivity index (χ1v) is 2.35. The lowest BCUT2D eigenvalue weighted by molar-refractivity contribution is 0.557. The van der Waals surface area contributed by atoms with Crippen molar-refractivity contribution in [2.75, 3.05) is 0 Å². The third-order valence-electron chi connectivity index (χ3n) is 0.804. The molecule has 0 amide bonds. The van der Waals surface area contributed by atoms with E-state index < -0.39 is 0 Å². The second kappa shape index (κ2) is 2.21. The van der Waals surface area contributed by atoms with E-state index in [1.165, 1.54) is 6.20 Å². The van der Waals surface area contributed by atoms with Crippen molar-refractivity contribution in [3.8, 4) is 0 Å². The minimum Gasteiger partial charge on any atom is -0.465 e. The Morgan fingerprint density at radius 3 is 3.00 bits per heavy atom. The molecule has 0 bridgehead atoms. The van der Waals surface area contributed by atoms with Gasteiger partial charge in [0.15, 0.2) is 0 Å². The van der Waals surface area contributed by atoms with Gasteiger partial charge in [-0.3, -0.25) is 0 Å². The van der Waals surface area contributed by atoms with Crippen LogP contribution >= 0.6 is 0 Å². The summed E-state index contributed by atoms with van der Waals surface area (Å²) in [6.45, 7) is 0. The zero-order valence-electron chi connectivity index (χ0n) is 4.37. The van der Waals surface area contributed by atoms with Gasteiger partial charge in [0.25, 0.3) is 0 Å². The molecule has 42 valence electrons. The van der Waals surface area contributed by atoms with Gasteiger partial charge < -0.3 is 10.2 Å². The minimum atomic E-state index is 0.785. The van der Waals surface area contributed by atoms with Gasteiger partial charge in [-0.05, 0) is 24.4 Å². The molecule has 1 aromatic heterocycles. The highest BCUT2D eigenvalue weighted by molar-refractivity contribution is 5.40. The van der Waals surface area contributed by atoms with Crippen LogP contribution in [0.3, 0.4) is 0 Å². The largest absolute Gasteiger partial charge is 0.465 e. The van der Waals surface area contributed by atoms with E-state index in [1.807, 2.05) is 12.1 Å². The molecule has 8 heavy (non-hydrogen) atoms. The number of nitrogens with two attached hydrogens (primary N) is 1. The summed E-state index contributed by atoms with van der Waals surface area (Å²) < 4.78 is 4.91. The predicted molar refractivity (Wildman–Crippen MR) is 31.9 cm³/mol. The van der Waals surface area contributed by atoms with Gasteiger partial charge in [0.1, 0.15) is 5.76 Å². The molecular formula is C6H7NO. The first-order chi connectivity index (χ1) is 3.93. The van der Waals surface area contributed by atoms with Crippen LogP contribution < -0.4 is 5.73 Å². The van der Waals surface area contributed by atoms with E-state index in [-0.39, 0.29) is 0 Å². The monoisotopic (exact) mass is 109 g/mol. The van der Waals surface area contributed by atoms with E-state index in [4.69, 9.17) is 10.2 Å². The first kappa shape index (κ1) is 4.97. The zero-order chi connectivity index (χ0) is 5.82. The average Bonchev–Trinajstić information content (AvgIpc) is 2.19. The minimum absolute atomic E-state index is 0.785. The topological polar surface area (TPSA) is 39.2 Å². The Bertz CT molecular complexity index is 165. The van der Waals surface area contributed by atoms with Gasteiger partial charge in [0.2, 0.25) is 0 Å². The molecule has 0 aliphatic carbocycles. The van der Waals surface area contributed by atoms with Crippen molar-refractivity contribution >= 4 is 6.08 Å². The predicted octanol–water partition coefficient (Wildman–Crippen LogP) is 1.21. The number of rotatable bonds is 1. The van der Waals surface area contributed by atoms with Gasteiger partial charge >= 0.3 is 0 Å². The van der Waals surface area contributed by atoms with Crippen LogP contribution in [0.4, 0.5) is 0 Å². The molecule has 0 aliphatic heterocycles. The lowest BCUT2D eigenvalue weighted by atomic mass is 10.4. The molecule has 0 fully saturated rings. The number of furan rings is 1. The second-order valence-corrected chi connectivity index (χ2v) is 1.37. The summed E-state index contributed by atoms with van der Waals surface area (Å²) >= 11 is 0. The Morgan fingerprint density at radius 1 is 1.62 bits per heavy atom. The van der Waals surface area contributed by atoms with Crippen molar-refractivity contribution in [3.05, 3.63) is 30.4 Å². The highest BCUT2D eigenvalue weighted by Gasteiger charge is 1.82. The summed E-state index contributed by atoms with van der Waals surface area (Å²) in [4.78, 5) is 0. The molecule has 0 radical (unpaired) electrons. The van der Waals surface area contributed by atoms with Crippen LogP contribution in [-0.4, -0.2) is 0 Å². The summed E-state index contributed by atoms with van der Waals surface area (Å²) in [5.41, 5.74) is 5.08. The van der Waals surface area contributed by atoms with E-state index in [2.05, 4.69) is 0 Å². The summed E-state index contributed by atoms with van der Waals surface area (Å²) in [7, 11) is 0. The normalized spacial score (nSPS) is 10.5. The van der Waals surface area contributed by atoms with Crippen LogP contribution in [0.25, 0.3) is 6.08 Å². The quantitative estimate of drug-likeness (QED) is 0.588. The molecule has 2 heteroatoms. The fourth-order valence-electron chi connectivity index (χ4n) is 0.481. The van der Waals surface area contributed by atoms with Crippen molar-refractivity contribution < 1.29 is 4.42 Å². The molecule has 1 aromatic rings. The highest BCUT2D eigenvalue weighted by atomic mass is 16.3. The van der Waals surface area contributed by atoms with Gasteiger partial charge in [0.05, 0.1) is 6.26 Å². The Labute approximate surface area is 47.6 Å². The number of hydrogen-bond acceptors (Lipinski definition) is 2. The second-order valence-electron chi connectivity index (χ2n) is 1.37. The van der Waals surface area contributed by atoms with Crippen LogP contribution in [0.15, 0.2) is 29.0 Å². The molecule has 0 spiro atoms. The molecule has 1 heterocycles. The maximum Gasteiger partial charge on any atom is 0.128 e. The van der Waals surface area contributed by atoms with Gasteiger partial charge in [-0.15, -0.1) is 0 Å². The van der Waals surface area contributed by atoms with Crippen LogP contribution in [0.2, 0.25) is 0 Å². The molecular weight excluding hydrogens is 102 g/mol. The van der Waals surface area contributed by atoms with Crippen LogP contribution in [0, 0.1) is 0 Å². The standard InChI is InChI=1S/C6H7NO/c7-4-3-6-2-1-5-8-6/h1-5H,7H2. The van der Waals surface area contributed by atoms with Crippen molar-refractivity contribution in [2.45, 2.75) is 0 Å². The third-order valence-corrected chi connectivity index (χ3v) is 0.804. The lowest BCUT2D eigenvalue weighted by Crippen LogP contribution is -1.73. The van der Waals surface area contributed by atoms with Crippen LogP contribution in [-0.2, 0) is 0 Å². The van der Waals surface area contributed by atoms with Gasteiger partial charge in [0, 0.05) is 0 Å². The van der Waals surface area contributed by atoms with Crippen molar-refractivity contribution in [2.24, 2.45) is 5.73 Å². The lowest BCUT2D eigenvalue weighted by Gasteiger charge is -1.76.